The third kappa shape index (κ3) is 8.03. The van der Waals surface area contributed by atoms with Crippen LogP contribution in [0.1, 0.15) is 29.2 Å². The van der Waals surface area contributed by atoms with E-state index in [1.165, 1.54) is 11.1 Å². The molecule has 3 aromatic carbocycles. The first-order chi connectivity index (χ1) is 16.5. The van der Waals surface area contributed by atoms with E-state index in [-0.39, 0.29) is 11.8 Å². The van der Waals surface area contributed by atoms with E-state index in [9.17, 15) is 9.59 Å². The SMILES string of the molecule is CCNC(=O)C(Cc1ccccc1)N(Cc1cccc(Br)c1)C(=O)CSCc1ccc(C)cc1. The van der Waals surface area contributed by atoms with Gasteiger partial charge in [0, 0.05) is 29.7 Å². The van der Waals surface area contributed by atoms with Gasteiger partial charge in [-0.25, -0.2) is 0 Å². The number of thioether (sulfide) groups is 1. The summed E-state index contributed by atoms with van der Waals surface area (Å²) >= 11 is 5.10. The molecule has 4 nitrogen and oxygen atoms in total. The minimum atomic E-state index is -0.589. The number of carbonyl (C=O) groups excluding carboxylic acids is 2. The van der Waals surface area contributed by atoms with Crippen LogP contribution in [0.2, 0.25) is 0 Å². The van der Waals surface area contributed by atoms with Crippen LogP contribution in [0.4, 0.5) is 0 Å². The number of hydrogen-bond acceptors (Lipinski definition) is 3. The van der Waals surface area contributed by atoms with Crippen molar-refractivity contribution in [1.82, 2.24) is 10.2 Å². The summed E-state index contributed by atoms with van der Waals surface area (Å²) in [6.07, 6.45) is 0.467. The van der Waals surface area contributed by atoms with Crippen LogP contribution in [0.3, 0.4) is 0 Å². The Morgan fingerprint density at radius 2 is 1.65 bits per heavy atom. The summed E-state index contributed by atoms with van der Waals surface area (Å²) in [5.74, 6) is 0.899. The zero-order valence-corrected chi connectivity index (χ0v) is 22.1. The number of hydrogen-bond donors (Lipinski definition) is 1. The van der Waals surface area contributed by atoms with Crippen molar-refractivity contribution >= 4 is 39.5 Å². The van der Waals surface area contributed by atoms with Gasteiger partial charge >= 0.3 is 0 Å². The van der Waals surface area contributed by atoms with Gasteiger partial charge in [0.1, 0.15) is 6.04 Å². The highest BCUT2D eigenvalue weighted by molar-refractivity contribution is 9.10. The van der Waals surface area contributed by atoms with Gasteiger partial charge in [-0.15, -0.1) is 11.8 Å². The molecule has 1 unspecified atom stereocenters. The Bertz CT molecular complexity index is 1070. The highest BCUT2D eigenvalue weighted by Gasteiger charge is 2.30. The molecule has 2 amide bonds. The lowest BCUT2D eigenvalue weighted by atomic mass is 10.0. The number of nitrogens with one attached hydrogen (secondary N) is 1. The van der Waals surface area contributed by atoms with Gasteiger partial charge in [0.05, 0.1) is 5.75 Å². The number of halogens is 1. The van der Waals surface area contributed by atoms with Crippen molar-refractivity contribution in [2.24, 2.45) is 0 Å². The molecule has 0 aliphatic carbocycles. The van der Waals surface area contributed by atoms with Crippen LogP contribution in [0.15, 0.2) is 83.3 Å². The zero-order chi connectivity index (χ0) is 24.3. The predicted molar refractivity (Wildman–Crippen MR) is 145 cm³/mol. The van der Waals surface area contributed by atoms with Gasteiger partial charge in [-0.3, -0.25) is 9.59 Å². The molecule has 0 saturated heterocycles. The molecule has 0 heterocycles. The predicted octanol–water partition coefficient (Wildman–Crippen LogP) is 5.77. The quantitative estimate of drug-likeness (QED) is 0.337. The van der Waals surface area contributed by atoms with Crippen LogP contribution in [0.25, 0.3) is 0 Å². The van der Waals surface area contributed by atoms with Crippen LogP contribution in [-0.4, -0.2) is 35.1 Å². The first-order valence-corrected chi connectivity index (χ1v) is 13.4. The number of likely N-dealkylation sites (N-methyl/N-ethyl adjacent to an activating group) is 1. The molecular weight excluding hydrogens is 508 g/mol. The van der Waals surface area contributed by atoms with Crippen molar-refractivity contribution in [1.29, 1.82) is 0 Å². The number of carbonyl (C=O) groups is 2. The first kappa shape index (κ1) is 26.0. The Morgan fingerprint density at radius 1 is 0.941 bits per heavy atom. The van der Waals surface area contributed by atoms with Gasteiger partial charge in [0.25, 0.3) is 0 Å². The maximum atomic E-state index is 13.5. The summed E-state index contributed by atoms with van der Waals surface area (Å²) < 4.78 is 0.948. The second-order valence-electron chi connectivity index (χ2n) is 8.23. The minimum Gasteiger partial charge on any atom is -0.355 e. The van der Waals surface area contributed by atoms with E-state index in [0.717, 1.165) is 21.4 Å². The Balaban J connectivity index is 1.81. The summed E-state index contributed by atoms with van der Waals surface area (Å²) in [6.45, 7) is 4.85. The fourth-order valence-electron chi connectivity index (χ4n) is 3.70. The fraction of sp³-hybridized carbons (Fsp3) is 0.286. The second-order valence-corrected chi connectivity index (χ2v) is 10.1. The van der Waals surface area contributed by atoms with Crippen LogP contribution in [-0.2, 0) is 28.3 Å². The van der Waals surface area contributed by atoms with Crippen molar-refractivity contribution < 1.29 is 9.59 Å². The topological polar surface area (TPSA) is 49.4 Å². The molecule has 3 rings (SSSR count). The lowest BCUT2D eigenvalue weighted by Crippen LogP contribution is -2.51. The number of benzene rings is 3. The summed E-state index contributed by atoms with van der Waals surface area (Å²) in [6, 6.07) is 25.5. The Labute approximate surface area is 215 Å². The highest BCUT2D eigenvalue weighted by atomic mass is 79.9. The molecule has 0 bridgehead atoms. The zero-order valence-electron chi connectivity index (χ0n) is 19.7. The van der Waals surface area contributed by atoms with Crippen molar-refractivity contribution in [3.8, 4) is 0 Å². The Morgan fingerprint density at radius 3 is 2.32 bits per heavy atom. The molecule has 34 heavy (non-hydrogen) atoms. The van der Waals surface area contributed by atoms with Crippen molar-refractivity contribution in [2.75, 3.05) is 12.3 Å². The summed E-state index contributed by atoms with van der Waals surface area (Å²) in [4.78, 5) is 28.4. The minimum absolute atomic E-state index is 0.0377. The third-order valence-corrected chi connectivity index (χ3v) is 6.96. The van der Waals surface area contributed by atoms with E-state index >= 15 is 0 Å². The van der Waals surface area contributed by atoms with Crippen molar-refractivity contribution in [2.45, 2.75) is 38.6 Å². The van der Waals surface area contributed by atoms with Gasteiger partial charge in [0.2, 0.25) is 11.8 Å². The van der Waals surface area contributed by atoms with E-state index in [1.807, 2.05) is 61.5 Å². The van der Waals surface area contributed by atoms with Gasteiger partial charge in [-0.2, -0.15) is 0 Å². The second kappa shape index (κ2) is 13.4. The summed E-state index contributed by atoms with van der Waals surface area (Å²) in [5.41, 5.74) is 4.41. The van der Waals surface area contributed by atoms with Gasteiger partial charge in [-0.1, -0.05) is 88.2 Å². The van der Waals surface area contributed by atoms with Crippen molar-refractivity contribution in [3.63, 3.8) is 0 Å². The fourth-order valence-corrected chi connectivity index (χ4v) is 5.02. The smallest absolute Gasteiger partial charge is 0.243 e. The van der Waals surface area contributed by atoms with E-state index in [1.54, 1.807) is 16.7 Å². The van der Waals surface area contributed by atoms with Crippen LogP contribution >= 0.6 is 27.7 Å². The largest absolute Gasteiger partial charge is 0.355 e. The lowest BCUT2D eigenvalue weighted by molar-refractivity contribution is -0.139. The maximum Gasteiger partial charge on any atom is 0.243 e. The van der Waals surface area contributed by atoms with E-state index in [4.69, 9.17) is 0 Å². The van der Waals surface area contributed by atoms with Gasteiger partial charge in [-0.05, 0) is 42.7 Å². The van der Waals surface area contributed by atoms with Crippen LogP contribution in [0, 0.1) is 6.92 Å². The first-order valence-electron chi connectivity index (χ1n) is 11.4. The normalized spacial score (nSPS) is 11.6. The molecule has 0 radical (unpaired) electrons. The molecule has 0 fully saturated rings. The van der Waals surface area contributed by atoms with E-state index < -0.39 is 6.04 Å². The molecule has 1 atom stereocenters. The van der Waals surface area contributed by atoms with Gasteiger partial charge < -0.3 is 10.2 Å². The highest BCUT2D eigenvalue weighted by Crippen LogP contribution is 2.20. The summed E-state index contributed by atoms with van der Waals surface area (Å²) in [7, 11) is 0. The monoisotopic (exact) mass is 538 g/mol. The average molecular weight is 540 g/mol. The summed E-state index contributed by atoms with van der Waals surface area (Å²) in [5, 5.41) is 2.94. The number of rotatable bonds is 11. The van der Waals surface area contributed by atoms with Crippen molar-refractivity contribution in [3.05, 3.63) is 106 Å². The molecule has 0 aliphatic rings. The molecule has 1 N–H and O–H groups in total. The standard InChI is InChI=1S/C28H31BrN2O2S/c1-3-30-28(33)26(17-22-8-5-4-6-9-22)31(18-24-10-7-11-25(29)16-24)27(32)20-34-19-23-14-12-21(2)13-15-23/h4-16,26H,3,17-20H2,1-2H3,(H,30,33). The molecule has 0 aromatic heterocycles. The third-order valence-electron chi connectivity index (χ3n) is 5.48. The molecule has 0 spiro atoms. The maximum absolute atomic E-state index is 13.5. The average Bonchev–Trinajstić information content (AvgIpc) is 2.83. The molecule has 6 heteroatoms. The molecule has 3 aromatic rings. The van der Waals surface area contributed by atoms with Gasteiger partial charge in [0.15, 0.2) is 0 Å². The molecular formula is C28H31BrN2O2S. The Kier molecular flexibility index (Phi) is 10.2. The lowest BCUT2D eigenvalue weighted by Gasteiger charge is -2.31. The molecule has 0 aliphatic heterocycles. The van der Waals surface area contributed by atoms with Crippen LogP contribution < -0.4 is 5.32 Å². The number of nitrogens with zero attached hydrogens (tertiary/aromatic N) is 1. The number of aryl methyl sites for hydroxylation is 1. The molecule has 0 saturated carbocycles. The van der Waals surface area contributed by atoms with E-state index in [0.29, 0.717) is 25.3 Å². The Hall–Kier alpha value is -2.57. The van der Waals surface area contributed by atoms with E-state index in [2.05, 4.69) is 52.4 Å². The molecule has 178 valence electrons. The van der Waals surface area contributed by atoms with Crippen LogP contribution in [0.5, 0.6) is 0 Å². The number of amides is 2.